The van der Waals surface area contributed by atoms with Crippen molar-refractivity contribution in [1.29, 1.82) is 0 Å². The number of hydrogen-bond donors (Lipinski definition) is 1. The zero-order chi connectivity index (χ0) is 14.7. The van der Waals surface area contributed by atoms with Crippen molar-refractivity contribution in [1.82, 2.24) is 4.90 Å². The maximum absolute atomic E-state index is 13.6. The lowest BCUT2D eigenvalue weighted by atomic mass is 9.94. The monoisotopic (exact) mass is 286 g/mol. The fourth-order valence-electron chi connectivity index (χ4n) is 2.58. The van der Waals surface area contributed by atoms with Crippen LogP contribution in [0.2, 0.25) is 0 Å². The van der Waals surface area contributed by atoms with Crippen molar-refractivity contribution >= 4 is 5.91 Å². The summed E-state index contributed by atoms with van der Waals surface area (Å²) >= 11 is 0. The second kappa shape index (κ2) is 6.26. The second-order valence-electron chi connectivity index (χ2n) is 5.06. The van der Waals surface area contributed by atoms with E-state index in [-0.39, 0.29) is 5.92 Å². The molecule has 0 saturated carbocycles. The summed E-state index contributed by atoms with van der Waals surface area (Å²) in [4.78, 5) is 13.7. The molecule has 0 spiro atoms. The standard InChI is InChI=1S/C14H17F3N2O/c15-11-4-3-10(12(16)13(11)17)14(20)19-7-1-2-9(8-19)5-6-18/h3-4,9H,1-2,5-8,18H2. The van der Waals surface area contributed by atoms with Gasteiger partial charge in [0, 0.05) is 13.1 Å². The van der Waals surface area contributed by atoms with Crippen molar-refractivity contribution in [2.45, 2.75) is 19.3 Å². The third-order valence-corrected chi connectivity index (χ3v) is 3.65. The lowest BCUT2D eigenvalue weighted by molar-refractivity contribution is 0.0663. The summed E-state index contributed by atoms with van der Waals surface area (Å²) in [5.74, 6) is -4.63. The average Bonchev–Trinajstić information content (AvgIpc) is 2.45. The molecule has 0 aliphatic carbocycles. The van der Waals surface area contributed by atoms with Crippen LogP contribution in [0.4, 0.5) is 13.2 Å². The molecule has 1 aromatic rings. The van der Waals surface area contributed by atoms with E-state index in [1.807, 2.05) is 0 Å². The van der Waals surface area contributed by atoms with Crippen LogP contribution in [0.5, 0.6) is 0 Å². The molecule has 1 saturated heterocycles. The molecule has 2 rings (SSSR count). The van der Waals surface area contributed by atoms with E-state index in [9.17, 15) is 18.0 Å². The summed E-state index contributed by atoms with van der Waals surface area (Å²) in [7, 11) is 0. The number of amides is 1. The lowest BCUT2D eigenvalue weighted by Crippen LogP contribution is -2.40. The smallest absolute Gasteiger partial charge is 0.256 e. The molecule has 20 heavy (non-hydrogen) atoms. The van der Waals surface area contributed by atoms with Crippen LogP contribution < -0.4 is 5.73 Å². The second-order valence-corrected chi connectivity index (χ2v) is 5.06. The van der Waals surface area contributed by atoms with Gasteiger partial charge < -0.3 is 10.6 Å². The Kier molecular flexibility index (Phi) is 4.65. The molecular weight excluding hydrogens is 269 g/mol. The van der Waals surface area contributed by atoms with Gasteiger partial charge in [-0.15, -0.1) is 0 Å². The van der Waals surface area contributed by atoms with Crippen molar-refractivity contribution in [3.8, 4) is 0 Å². The molecule has 1 aromatic carbocycles. The van der Waals surface area contributed by atoms with Gasteiger partial charge in [0.2, 0.25) is 0 Å². The van der Waals surface area contributed by atoms with E-state index in [4.69, 9.17) is 5.73 Å². The van der Waals surface area contributed by atoms with Crippen LogP contribution in [-0.2, 0) is 0 Å². The minimum Gasteiger partial charge on any atom is -0.338 e. The topological polar surface area (TPSA) is 46.3 Å². The Labute approximate surface area is 115 Å². The number of nitrogens with two attached hydrogens (primary N) is 1. The summed E-state index contributed by atoms with van der Waals surface area (Å²) in [5, 5.41) is 0. The van der Waals surface area contributed by atoms with Gasteiger partial charge in [-0.2, -0.15) is 0 Å². The van der Waals surface area contributed by atoms with E-state index in [1.54, 1.807) is 0 Å². The van der Waals surface area contributed by atoms with Gasteiger partial charge in [-0.05, 0) is 43.9 Å². The van der Waals surface area contributed by atoms with Crippen LogP contribution in [0.3, 0.4) is 0 Å². The Balaban J connectivity index is 2.17. The van der Waals surface area contributed by atoms with Gasteiger partial charge in [0.1, 0.15) is 0 Å². The molecule has 0 aromatic heterocycles. The summed E-state index contributed by atoms with van der Waals surface area (Å²) in [6.45, 7) is 1.51. The normalized spacial score (nSPS) is 19.2. The fraction of sp³-hybridized carbons (Fsp3) is 0.500. The Morgan fingerprint density at radius 3 is 2.75 bits per heavy atom. The predicted octanol–water partition coefficient (Wildman–Crippen LogP) is 2.30. The lowest BCUT2D eigenvalue weighted by Gasteiger charge is -2.32. The number of hydrogen-bond acceptors (Lipinski definition) is 2. The first-order valence-electron chi connectivity index (χ1n) is 6.67. The van der Waals surface area contributed by atoms with Crippen molar-refractivity contribution in [3.05, 3.63) is 35.1 Å². The Bertz CT molecular complexity index is 505. The highest BCUT2D eigenvalue weighted by molar-refractivity contribution is 5.94. The van der Waals surface area contributed by atoms with Crippen LogP contribution in [0.25, 0.3) is 0 Å². The summed E-state index contributed by atoms with van der Waals surface area (Å²) < 4.78 is 39.7. The molecule has 1 aliphatic heterocycles. The average molecular weight is 286 g/mol. The summed E-state index contributed by atoms with van der Waals surface area (Å²) in [6, 6.07) is 1.76. The van der Waals surface area contributed by atoms with E-state index in [2.05, 4.69) is 0 Å². The molecule has 0 bridgehead atoms. The van der Waals surface area contributed by atoms with Crippen LogP contribution >= 0.6 is 0 Å². The third-order valence-electron chi connectivity index (χ3n) is 3.65. The Hall–Kier alpha value is -1.56. The number of halogens is 3. The van der Waals surface area contributed by atoms with Crippen molar-refractivity contribution in [3.63, 3.8) is 0 Å². The third kappa shape index (κ3) is 2.95. The molecule has 1 heterocycles. The SMILES string of the molecule is NCCC1CCCN(C(=O)c2ccc(F)c(F)c2F)C1. The van der Waals surface area contributed by atoms with Crippen LogP contribution in [0, 0.1) is 23.4 Å². The fourth-order valence-corrected chi connectivity index (χ4v) is 2.58. The molecule has 1 amide bonds. The van der Waals surface area contributed by atoms with E-state index in [0.717, 1.165) is 31.4 Å². The van der Waals surface area contributed by atoms with E-state index in [0.29, 0.717) is 19.6 Å². The molecule has 1 atom stereocenters. The molecule has 110 valence electrons. The van der Waals surface area contributed by atoms with Gasteiger partial charge in [0.25, 0.3) is 5.91 Å². The van der Waals surface area contributed by atoms with Crippen LogP contribution in [-0.4, -0.2) is 30.4 Å². The van der Waals surface area contributed by atoms with Gasteiger partial charge in [-0.25, -0.2) is 13.2 Å². The number of carbonyl (C=O) groups is 1. The largest absolute Gasteiger partial charge is 0.338 e. The molecule has 1 aliphatic rings. The van der Waals surface area contributed by atoms with Gasteiger partial charge >= 0.3 is 0 Å². The van der Waals surface area contributed by atoms with Crippen molar-refractivity contribution in [2.75, 3.05) is 19.6 Å². The number of nitrogens with zero attached hydrogens (tertiary/aromatic N) is 1. The maximum atomic E-state index is 13.6. The van der Waals surface area contributed by atoms with Gasteiger partial charge in [0.05, 0.1) is 5.56 Å². The molecule has 0 radical (unpaired) electrons. The minimum atomic E-state index is -1.61. The summed E-state index contributed by atoms with van der Waals surface area (Å²) in [6.07, 6.45) is 2.58. The van der Waals surface area contributed by atoms with Crippen molar-refractivity contribution < 1.29 is 18.0 Å². The van der Waals surface area contributed by atoms with E-state index < -0.39 is 28.9 Å². The number of likely N-dealkylation sites (tertiary alicyclic amines) is 1. The molecule has 1 fully saturated rings. The zero-order valence-corrected chi connectivity index (χ0v) is 11.0. The van der Waals surface area contributed by atoms with E-state index >= 15 is 0 Å². The highest BCUT2D eigenvalue weighted by atomic mass is 19.2. The first kappa shape index (κ1) is 14.8. The van der Waals surface area contributed by atoms with Gasteiger partial charge in [-0.1, -0.05) is 0 Å². The first-order chi connectivity index (χ1) is 9.54. The van der Waals surface area contributed by atoms with E-state index in [1.165, 1.54) is 4.90 Å². The molecule has 3 nitrogen and oxygen atoms in total. The molecule has 6 heteroatoms. The van der Waals surface area contributed by atoms with Crippen molar-refractivity contribution in [2.24, 2.45) is 11.7 Å². The van der Waals surface area contributed by atoms with Crippen LogP contribution in [0.1, 0.15) is 29.6 Å². The molecule has 2 N–H and O–H groups in total. The molecular formula is C14H17F3N2O. The highest BCUT2D eigenvalue weighted by Crippen LogP contribution is 2.23. The first-order valence-corrected chi connectivity index (χ1v) is 6.67. The predicted molar refractivity (Wildman–Crippen MR) is 68.6 cm³/mol. The maximum Gasteiger partial charge on any atom is 0.256 e. The summed E-state index contributed by atoms with van der Waals surface area (Å²) in [5.41, 5.74) is 5.08. The zero-order valence-electron chi connectivity index (χ0n) is 11.0. The Morgan fingerprint density at radius 1 is 1.30 bits per heavy atom. The quantitative estimate of drug-likeness (QED) is 0.867. The Morgan fingerprint density at radius 2 is 2.05 bits per heavy atom. The van der Waals surface area contributed by atoms with Gasteiger partial charge in [0.15, 0.2) is 17.5 Å². The number of benzene rings is 1. The minimum absolute atomic E-state index is 0.283. The molecule has 1 unspecified atom stereocenters. The number of piperidine rings is 1. The van der Waals surface area contributed by atoms with Gasteiger partial charge in [-0.3, -0.25) is 4.79 Å². The number of rotatable bonds is 3. The highest BCUT2D eigenvalue weighted by Gasteiger charge is 2.27. The number of carbonyl (C=O) groups excluding carboxylic acids is 1. The van der Waals surface area contributed by atoms with Crippen LogP contribution in [0.15, 0.2) is 12.1 Å².